The maximum absolute atomic E-state index is 6.60. The summed E-state index contributed by atoms with van der Waals surface area (Å²) in [6.07, 6.45) is 0. The number of nitrogens with zero attached hydrogens (tertiary/aromatic N) is 1. The van der Waals surface area contributed by atoms with Gasteiger partial charge in [-0.25, -0.2) is 0 Å². The van der Waals surface area contributed by atoms with Gasteiger partial charge >= 0.3 is 0 Å². The first-order valence-corrected chi connectivity index (χ1v) is 15.3. The van der Waals surface area contributed by atoms with Crippen molar-refractivity contribution in [3.63, 3.8) is 0 Å². The number of anilines is 3. The van der Waals surface area contributed by atoms with Gasteiger partial charge in [0.15, 0.2) is 0 Å². The van der Waals surface area contributed by atoms with Gasteiger partial charge < -0.3 is 9.32 Å². The van der Waals surface area contributed by atoms with Crippen LogP contribution in [0.25, 0.3) is 64.0 Å². The van der Waals surface area contributed by atoms with Crippen molar-refractivity contribution < 1.29 is 4.42 Å². The summed E-state index contributed by atoms with van der Waals surface area (Å²) in [6, 6.07) is 54.1. The summed E-state index contributed by atoms with van der Waals surface area (Å²) >= 11 is 1.85. The maximum atomic E-state index is 6.60. The number of benzene rings is 7. The molecule has 7 aromatic carbocycles. The van der Waals surface area contributed by atoms with E-state index in [1.807, 2.05) is 17.4 Å². The predicted octanol–water partition coefficient (Wildman–Crippen LogP) is 12.2. The van der Waals surface area contributed by atoms with E-state index in [0.29, 0.717) is 0 Å². The molecule has 202 valence electrons. The summed E-state index contributed by atoms with van der Waals surface area (Å²) in [5.74, 6) is 0. The number of rotatable bonds is 4. The Labute approximate surface area is 252 Å². The summed E-state index contributed by atoms with van der Waals surface area (Å²) in [4.78, 5) is 2.46. The van der Waals surface area contributed by atoms with Gasteiger partial charge in [0, 0.05) is 48.0 Å². The van der Waals surface area contributed by atoms with Gasteiger partial charge in [0.1, 0.15) is 11.2 Å². The molecule has 0 unspecified atom stereocenters. The molecule has 2 heterocycles. The molecule has 0 atom stereocenters. The molecule has 2 nitrogen and oxygen atoms in total. The van der Waals surface area contributed by atoms with Crippen LogP contribution in [0, 0.1) is 0 Å². The standard InChI is InChI=1S/C40H25NOS/c1-2-13-26(14-3-1)28-18-6-9-21-32(28)41(33-22-12-16-27-15-4-5-17-29(27)33)34-25-36-39(30-19-7-10-23-35(30)42-36)40-38(34)31-20-8-11-24-37(31)43-40/h1-25H. The fourth-order valence-electron chi connectivity index (χ4n) is 6.57. The molecule has 3 heteroatoms. The number of para-hydroxylation sites is 2. The average molecular weight is 568 g/mol. The third-order valence-corrected chi connectivity index (χ3v) is 9.64. The van der Waals surface area contributed by atoms with Gasteiger partial charge in [0.2, 0.25) is 0 Å². The maximum Gasteiger partial charge on any atom is 0.138 e. The van der Waals surface area contributed by atoms with Crippen molar-refractivity contribution >= 4 is 81.3 Å². The molecule has 0 saturated carbocycles. The van der Waals surface area contributed by atoms with E-state index in [0.717, 1.165) is 33.6 Å². The van der Waals surface area contributed by atoms with E-state index < -0.39 is 0 Å². The summed E-state index contributed by atoms with van der Waals surface area (Å²) in [7, 11) is 0. The fraction of sp³-hybridized carbons (Fsp3) is 0. The highest BCUT2D eigenvalue weighted by Gasteiger charge is 2.25. The monoisotopic (exact) mass is 567 g/mol. The third-order valence-electron chi connectivity index (χ3n) is 8.45. The largest absolute Gasteiger partial charge is 0.456 e. The molecule has 0 fully saturated rings. The topological polar surface area (TPSA) is 16.4 Å². The Balaban J connectivity index is 1.48. The zero-order valence-corrected chi connectivity index (χ0v) is 24.0. The molecule has 0 aliphatic rings. The molecule has 43 heavy (non-hydrogen) atoms. The van der Waals surface area contributed by atoms with Gasteiger partial charge in [0.05, 0.1) is 17.1 Å². The minimum absolute atomic E-state index is 0.901. The van der Waals surface area contributed by atoms with Gasteiger partial charge in [-0.05, 0) is 35.2 Å². The molecule has 0 spiro atoms. The number of hydrogen-bond acceptors (Lipinski definition) is 3. The normalized spacial score (nSPS) is 11.7. The van der Waals surface area contributed by atoms with Gasteiger partial charge in [-0.1, -0.05) is 121 Å². The lowest BCUT2D eigenvalue weighted by Gasteiger charge is -2.30. The highest BCUT2D eigenvalue weighted by atomic mass is 32.1. The van der Waals surface area contributed by atoms with Crippen molar-refractivity contribution in [2.75, 3.05) is 4.90 Å². The first-order chi connectivity index (χ1) is 21.3. The van der Waals surface area contributed by atoms with Crippen LogP contribution in [0.15, 0.2) is 156 Å². The number of thiophene rings is 1. The molecule has 9 rings (SSSR count). The van der Waals surface area contributed by atoms with Crippen LogP contribution in [-0.2, 0) is 0 Å². The summed E-state index contributed by atoms with van der Waals surface area (Å²) in [5, 5.41) is 7.25. The van der Waals surface area contributed by atoms with Crippen LogP contribution >= 0.6 is 11.3 Å². The lowest BCUT2D eigenvalue weighted by Crippen LogP contribution is -2.12. The lowest BCUT2D eigenvalue weighted by atomic mass is 9.99. The Kier molecular flexibility index (Phi) is 5.40. The number of fused-ring (bicyclic) bond motifs is 8. The van der Waals surface area contributed by atoms with Crippen LogP contribution in [0.3, 0.4) is 0 Å². The highest BCUT2D eigenvalue weighted by molar-refractivity contribution is 7.27. The lowest BCUT2D eigenvalue weighted by molar-refractivity contribution is 0.669. The molecule has 0 N–H and O–H groups in total. The molecule has 0 aliphatic carbocycles. The van der Waals surface area contributed by atoms with E-state index in [1.165, 1.54) is 47.5 Å². The molecule has 0 radical (unpaired) electrons. The smallest absolute Gasteiger partial charge is 0.138 e. The SMILES string of the molecule is c1ccc(-c2ccccc2N(c2cccc3ccccc23)c2cc3oc4ccccc4c3c3sc4ccccc4c23)cc1. The van der Waals surface area contributed by atoms with Gasteiger partial charge in [-0.2, -0.15) is 0 Å². The molecule has 2 aromatic heterocycles. The Morgan fingerprint density at radius 3 is 2.05 bits per heavy atom. The quantitative estimate of drug-likeness (QED) is 0.210. The van der Waals surface area contributed by atoms with Crippen LogP contribution in [0.1, 0.15) is 0 Å². The number of furan rings is 1. The predicted molar refractivity (Wildman–Crippen MR) is 184 cm³/mol. The summed E-state index contributed by atoms with van der Waals surface area (Å²) in [5.41, 5.74) is 7.53. The molecule has 0 bridgehead atoms. The summed E-state index contributed by atoms with van der Waals surface area (Å²) in [6.45, 7) is 0. The summed E-state index contributed by atoms with van der Waals surface area (Å²) < 4.78 is 9.12. The van der Waals surface area contributed by atoms with Crippen molar-refractivity contribution in [3.8, 4) is 11.1 Å². The molecular weight excluding hydrogens is 543 g/mol. The van der Waals surface area contributed by atoms with E-state index in [4.69, 9.17) is 4.42 Å². The van der Waals surface area contributed by atoms with Crippen molar-refractivity contribution in [2.45, 2.75) is 0 Å². The zero-order valence-electron chi connectivity index (χ0n) is 23.2. The van der Waals surface area contributed by atoms with Crippen LogP contribution < -0.4 is 4.90 Å². The van der Waals surface area contributed by atoms with E-state index in [2.05, 4.69) is 150 Å². The Bertz CT molecular complexity index is 2460. The first-order valence-electron chi connectivity index (χ1n) is 14.5. The second kappa shape index (κ2) is 9.59. The van der Waals surface area contributed by atoms with Crippen molar-refractivity contribution in [1.29, 1.82) is 0 Å². The van der Waals surface area contributed by atoms with E-state index >= 15 is 0 Å². The van der Waals surface area contributed by atoms with Crippen molar-refractivity contribution in [2.24, 2.45) is 0 Å². The molecule has 9 aromatic rings. The molecule has 0 saturated heterocycles. The Morgan fingerprint density at radius 2 is 1.14 bits per heavy atom. The van der Waals surface area contributed by atoms with E-state index in [9.17, 15) is 0 Å². The Hall–Kier alpha value is -5.38. The van der Waals surface area contributed by atoms with E-state index in [1.54, 1.807) is 0 Å². The van der Waals surface area contributed by atoms with Crippen LogP contribution in [0.5, 0.6) is 0 Å². The highest BCUT2D eigenvalue weighted by Crippen LogP contribution is 2.52. The second-order valence-corrected chi connectivity index (χ2v) is 11.9. The van der Waals surface area contributed by atoms with Crippen LogP contribution in [-0.4, -0.2) is 0 Å². The zero-order chi connectivity index (χ0) is 28.3. The number of hydrogen-bond donors (Lipinski definition) is 0. The minimum Gasteiger partial charge on any atom is -0.456 e. The van der Waals surface area contributed by atoms with Gasteiger partial charge in [0.25, 0.3) is 0 Å². The molecular formula is C40H25NOS. The fourth-order valence-corrected chi connectivity index (χ4v) is 7.85. The first kappa shape index (κ1) is 24.2. The van der Waals surface area contributed by atoms with Crippen molar-refractivity contribution in [1.82, 2.24) is 0 Å². The molecule has 0 aliphatic heterocycles. The van der Waals surface area contributed by atoms with Crippen molar-refractivity contribution in [3.05, 3.63) is 152 Å². The average Bonchev–Trinajstić information content (AvgIpc) is 3.64. The minimum atomic E-state index is 0.901. The van der Waals surface area contributed by atoms with Crippen LogP contribution in [0.2, 0.25) is 0 Å². The third kappa shape index (κ3) is 3.72. The second-order valence-electron chi connectivity index (χ2n) is 10.9. The van der Waals surface area contributed by atoms with Crippen LogP contribution in [0.4, 0.5) is 17.1 Å². The molecule has 0 amide bonds. The van der Waals surface area contributed by atoms with Gasteiger partial charge in [-0.15, -0.1) is 11.3 Å². The van der Waals surface area contributed by atoms with Gasteiger partial charge in [-0.3, -0.25) is 0 Å². The van der Waals surface area contributed by atoms with E-state index in [-0.39, 0.29) is 0 Å². The Morgan fingerprint density at radius 1 is 0.465 bits per heavy atom.